The molecule has 4 rings (SSSR count). The molecule has 0 spiro atoms. The van der Waals surface area contributed by atoms with E-state index in [4.69, 9.17) is 16.3 Å². The molecule has 4 nitrogen and oxygen atoms in total. The average molecular weight is 444 g/mol. The largest absolute Gasteiger partial charge is 0.489 e. The monoisotopic (exact) mass is 443 g/mol. The van der Waals surface area contributed by atoms with Crippen molar-refractivity contribution in [3.63, 3.8) is 0 Å². The van der Waals surface area contributed by atoms with Crippen LogP contribution in [0.1, 0.15) is 58.4 Å². The number of benzene rings is 2. The van der Waals surface area contributed by atoms with Gasteiger partial charge >= 0.3 is 5.97 Å². The number of ether oxygens (including phenoxy) is 1. The number of carboxylic acid groups (broad SMARTS) is 1. The minimum absolute atomic E-state index is 0.207. The molecule has 0 saturated heterocycles. The number of rotatable bonds is 7. The molecule has 0 radical (unpaired) electrons. The van der Waals surface area contributed by atoms with Crippen LogP contribution < -0.4 is 10.1 Å². The Morgan fingerprint density at radius 1 is 1.19 bits per heavy atom. The third kappa shape index (κ3) is 4.70. The highest BCUT2D eigenvalue weighted by molar-refractivity contribution is 6.37. The molecule has 0 bridgehead atoms. The maximum atomic E-state index is 11.3. The quantitative estimate of drug-likeness (QED) is 0.544. The zero-order valence-corrected chi connectivity index (χ0v) is 19.5. The summed E-state index contributed by atoms with van der Waals surface area (Å²) in [7, 11) is 0. The molecule has 2 aromatic rings. The third-order valence-electron chi connectivity index (χ3n) is 7.61. The summed E-state index contributed by atoms with van der Waals surface area (Å²) >= 11 is 6.76. The van der Waals surface area contributed by atoms with E-state index in [1.165, 1.54) is 18.4 Å². The van der Waals surface area contributed by atoms with Crippen molar-refractivity contribution in [2.45, 2.75) is 71.4 Å². The van der Waals surface area contributed by atoms with E-state index in [0.29, 0.717) is 11.4 Å². The summed E-state index contributed by atoms with van der Waals surface area (Å²) in [5.74, 6) is 0.645. The summed E-state index contributed by atoms with van der Waals surface area (Å²) in [6.45, 7) is 7.21. The summed E-state index contributed by atoms with van der Waals surface area (Å²) < 4.78 is 6.28. The van der Waals surface area contributed by atoms with Crippen LogP contribution in [-0.2, 0) is 11.2 Å². The van der Waals surface area contributed by atoms with Crippen LogP contribution in [0.25, 0.3) is 10.8 Å². The Hall–Kier alpha value is -1.78. The molecular formula is C26H34ClNO3. The highest BCUT2D eigenvalue weighted by Crippen LogP contribution is 2.46. The van der Waals surface area contributed by atoms with Gasteiger partial charge in [-0.25, -0.2) is 0 Å². The van der Waals surface area contributed by atoms with Crippen LogP contribution in [0.3, 0.4) is 0 Å². The number of aliphatic carboxylic acids is 1. The van der Waals surface area contributed by atoms with Gasteiger partial charge in [-0.2, -0.15) is 0 Å². The summed E-state index contributed by atoms with van der Waals surface area (Å²) in [6.07, 6.45) is 6.48. The predicted octanol–water partition coefficient (Wildman–Crippen LogP) is 6.08. The second-order valence-electron chi connectivity index (χ2n) is 10.1. The number of fused-ring (bicyclic) bond motifs is 1. The molecule has 31 heavy (non-hydrogen) atoms. The molecule has 2 aliphatic carbocycles. The third-order valence-corrected chi connectivity index (χ3v) is 8.00. The fourth-order valence-electron chi connectivity index (χ4n) is 5.17. The molecule has 2 aliphatic rings. The van der Waals surface area contributed by atoms with Gasteiger partial charge in [-0.15, -0.1) is 0 Å². The van der Waals surface area contributed by atoms with Gasteiger partial charge in [-0.1, -0.05) is 50.6 Å². The molecule has 5 heteroatoms. The lowest BCUT2D eigenvalue weighted by atomic mass is 9.58. The van der Waals surface area contributed by atoms with Gasteiger partial charge in [0.2, 0.25) is 0 Å². The number of hydrogen-bond donors (Lipinski definition) is 2. The Kier molecular flexibility index (Phi) is 6.50. The normalized spacial score (nSPS) is 27.6. The summed E-state index contributed by atoms with van der Waals surface area (Å²) in [5.41, 5.74) is 1.01. The van der Waals surface area contributed by atoms with E-state index in [-0.39, 0.29) is 23.5 Å². The van der Waals surface area contributed by atoms with Gasteiger partial charge in [-0.05, 0) is 79.5 Å². The minimum Gasteiger partial charge on any atom is -0.489 e. The van der Waals surface area contributed by atoms with E-state index < -0.39 is 5.97 Å². The summed E-state index contributed by atoms with van der Waals surface area (Å²) in [5, 5.41) is 15.7. The SMILES string of the molecule is CC1CCC(Oc2ccc3ccc(CCN[C@H]4C[C@@H](C(=O)O)C4(C)C)cc3c2Cl)CC1. The first-order chi connectivity index (χ1) is 14.8. The maximum absolute atomic E-state index is 11.3. The lowest BCUT2D eigenvalue weighted by Gasteiger charge is -2.50. The molecule has 0 unspecified atom stereocenters. The van der Waals surface area contributed by atoms with Crippen LogP contribution in [0, 0.1) is 17.3 Å². The zero-order valence-electron chi connectivity index (χ0n) is 18.8. The maximum Gasteiger partial charge on any atom is 0.307 e. The second kappa shape index (κ2) is 8.99. The van der Waals surface area contributed by atoms with Crippen molar-refractivity contribution in [3.05, 3.63) is 40.9 Å². The molecule has 2 atom stereocenters. The van der Waals surface area contributed by atoms with Crippen molar-refractivity contribution >= 4 is 28.3 Å². The number of halogens is 1. The molecule has 0 aromatic heterocycles. The van der Waals surface area contributed by atoms with Crippen molar-refractivity contribution < 1.29 is 14.6 Å². The minimum atomic E-state index is -0.687. The van der Waals surface area contributed by atoms with Crippen molar-refractivity contribution in [1.29, 1.82) is 0 Å². The van der Waals surface area contributed by atoms with Gasteiger partial charge < -0.3 is 15.2 Å². The number of carbonyl (C=O) groups is 1. The standard InChI is InChI=1S/C26H34ClNO3/c1-16-4-9-19(10-5-16)31-22-11-8-18-7-6-17(14-20(18)24(22)27)12-13-28-23-15-21(25(29)30)26(23,2)3/h6-8,11,14,16,19,21,23,28H,4-5,9-10,12-13,15H2,1-3H3,(H,29,30)/t16?,19?,21-,23-/m0/s1. The Morgan fingerprint density at radius 3 is 2.58 bits per heavy atom. The van der Waals surface area contributed by atoms with E-state index >= 15 is 0 Å². The first-order valence-electron chi connectivity index (χ1n) is 11.6. The molecular weight excluding hydrogens is 410 g/mol. The average Bonchev–Trinajstić information content (AvgIpc) is 2.73. The topological polar surface area (TPSA) is 58.6 Å². The number of carboxylic acids is 1. The molecule has 0 aliphatic heterocycles. The molecule has 0 heterocycles. The molecule has 2 N–H and O–H groups in total. The predicted molar refractivity (Wildman–Crippen MR) is 126 cm³/mol. The molecule has 2 aromatic carbocycles. The second-order valence-corrected chi connectivity index (χ2v) is 10.5. The zero-order chi connectivity index (χ0) is 22.2. The lowest BCUT2D eigenvalue weighted by Crippen LogP contribution is -2.59. The van der Waals surface area contributed by atoms with Crippen LogP contribution in [-0.4, -0.2) is 29.8 Å². The highest BCUT2D eigenvalue weighted by Gasteiger charge is 2.51. The van der Waals surface area contributed by atoms with Crippen LogP contribution in [0.4, 0.5) is 0 Å². The van der Waals surface area contributed by atoms with Crippen LogP contribution >= 0.6 is 11.6 Å². The molecule has 2 saturated carbocycles. The molecule has 2 fully saturated rings. The van der Waals surface area contributed by atoms with E-state index in [2.05, 4.69) is 36.5 Å². The lowest BCUT2D eigenvalue weighted by molar-refractivity contribution is -0.155. The Labute approximate surface area is 190 Å². The van der Waals surface area contributed by atoms with E-state index in [1.807, 2.05) is 19.9 Å². The number of nitrogens with one attached hydrogen (secondary N) is 1. The Morgan fingerprint density at radius 2 is 1.90 bits per heavy atom. The van der Waals surface area contributed by atoms with Crippen molar-refractivity contribution in [2.24, 2.45) is 17.3 Å². The fraction of sp³-hybridized carbons (Fsp3) is 0.577. The summed E-state index contributed by atoms with van der Waals surface area (Å²) in [6, 6.07) is 10.8. The first kappa shape index (κ1) is 22.4. The van der Waals surface area contributed by atoms with Crippen LogP contribution in [0.5, 0.6) is 5.75 Å². The highest BCUT2D eigenvalue weighted by atomic mass is 35.5. The van der Waals surface area contributed by atoms with Crippen LogP contribution in [0.15, 0.2) is 30.3 Å². The van der Waals surface area contributed by atoms with E-state index in [1.54, 1.807) is 0 Å². The fourth-order valence-corrected chi connectivity index (χ4v) is 5.44. The Balaban J connectivity index is 1.39. The van der Waals surface area contributed by atoms with Crippen molar-refractivity contribution in [2.75, 3.05) is 6.54 Å². The van der Waals surface area contributed by atoms with Gasteiger partial charge in [0.05, 0.1) is 17.0 Å². The van der Waals surface area contributed by atoms with E-state index in [9.17, 15) is 9.90 Å². The van der Waals surface area contributed by atoms with Crippen molar-refractivity contribution in [3.8, 4) is 5.75 Å². The van der Waals surface area contributed by atoms with Gasteiger partial charge in [0.25, 0.3) is 0 Å². The molecule has 0 amide bonds. The van der Waals surface area contributed by atoms with Gasteiger partial charge in [0.15, 0.2) is 0 Å². The number of hydrogen-bond acceptors (Lipinski definition) is 3. The van der Waals surface area contributed by atoms with Gasteiger partial charge in [-0.3, -0.25) is 4.79 Å². The van der Waals surface area contributed by atoms with Crippen LogP contribution in [0.2, 0.25) is 5.02 Å². The molecule has 168 valence electrons. The first-order valence-corrected chi connectivity index (χ1v) is 12.0. The van der Waals surface area contributed by atoms with E-state index in [0.717, 1.165) is 48.2 Å². The smallest absolute Gasteiger partial charge is 0.307 e. The van der Waals surface area contributed by atoms with Gasteiger partial charge in [0.1, 0.15) is 5.75 Å². The van der Waals surface area contributed by atoms with Crippen molar-refractivity contribution in [1.82, 2.24) is 5.32 Å². The summed E-state index contributed by atoms with van der Waals surface area (Å²) in [4.78, 5) is 11.3. The Bertz CT molecular complexity index is 949. The van der Waals surface area contributed by atoms with Gasteiger partial charge in [0, 0.05) is 11.4 Å².